The van der Waals surface area contributed by atoms with Crippen LogP contribution in [-0.2, 0) is 14.3 Å². The summed E-state index contributed by atoms with van der Waals surface area (Å²) in [6.45, 7) is 13.5. The van der Waals surface area contributed by atoms with Crippen LogP contribution in [0.1, 0.15) is 47.5 Å². The molecule has 0 aromatic heterocycles. The highest BCUT2D eigenvalue weighted by Crippen LogP contribution is 2.57. The first-order valence-electron chi connectivity index (χ1n) is 8.37. The highest BCUT2D eigenvalue weighted by molar-refractivity contribution is 5.95. The fourth-order valence-corrected chi connectivity index (χ4v) is 4.11. The fraction of sp³-hybridized carbons (Fsp3) is 0.684. The quantitative estimate of drug-likeness (QED) is 0.641. The molecule has 1 fully saturated rings. The first-order chi connectivity index (χ1) is 10.6. The highest BCUT2D eigenvalue weighted by Gasteiger charge is 2.57. The van der Waals surface area contributed by atoms with E-state index >= 15 is 0 Å². The second-order valence-electron chi connectivity index (χ2n) is 7.57. The molecular weight excluding hydrogens is 292 g/mol. The summed E-state index contributed by atoms with van der Waals surface area (Å²) in [5, 5.41) is 10.3. The summed E-state index contributed by atoms with van der Waals surface area (Å²) < 4.78 is 5.83. The highest BCUT2D eigenvalue weighted by atomic mass is 16.5. The van der Waals surface area contributed by atoms with Crippen LogP contribution in [0.15, 0.2) is 23.8 Å². The van der Waals surface area contributed by atoms with E-state index in [9.17, 15) is 14.7 Å². The fourth-order valence-electron chi connectivity index (χ4n) is 4.11. The van der Waals surface area contributed by atoms with Gasteiger partial charge in [-0.3, -0.25) is 9.59 Å². The molecule has 5 atom stereocenters. The Morgan fingerprint density at radius 2 is 2.09 bits per heavy atom. The van der Waals surface area contributed by atoms with Crippen molar-refractivity contribution < 1.29 is 19.4 Å². The van der Waals surface area contributed by atoms with E-state index in [-0.39, 0.29) is 35.6 Å². The molecule has 2 aliphatic rings. The predicted octanol–water partition coefficient (Wildman–Crippen LogP) is 3.05. The Hall–Kier alpha value is -1.42. The molecule has 1 saturated carbocycles. The SMILES string of the molecule is C=C(C)[C@@H]1C[C@@H](OC(=O)C(C)C)[C@@]2(C1)C(C)=CC(=O)[C@H](O)[C@H]2C. The second kappa shape index (κ2) is 6.23. The van der Waals surface area contributed by atoms with Crippen molar-refractivity contribution >= 4 is 11.8 Å². The maximum Gasteiger partial charge on any atom is 0.308 e. The Labute approximate surface area is 138 Å². The van der Waals surface area contributed by atoms with Gasteiger partial charge in [0.2, 0.25) is 0 Å². The van der Waals surface area contributed by atoms with Crippen molar-refractivity contribution in [1.82, 2.24) is 0 Å². The number of ether oxygens (including phenoxy) is 1. The van der Waals surface area contributed by atoms with Crippen LogP contribution < -0.4 is 0 Å². The topological polar surface area (TPSA) is 63.6 Å². The summed E-state index contributed by atoms with van der Waals surface area (Å²) in [5.41, 5.74) is 1.48. The number of esters is 1. The number of rotatable bonds is 3. The van der Waals surface area contributed by atoms with Gasteiger partial charge in [0.05, 0.1) is 5.92 Å². The van der Waals surface area contributed by atoms with E-state index in [4.69, 9.17) is 4.74 Å². The lowest BCUT2D eigenvalue weighted by atomic mass is 9.62. The van der Waals surface area contributed by atoms with Crippen LogP contribution in [0.2, 0.25) is 0 Å². The molecule has 0 unspecified atom stereocenters. The van der Waals surface area contributed by atoms with E-state index in [2.05, 4.69) is 6.58 Å². The molecular formula is C19H28O4. The van der Waals surface area contributed by atoms with E-state index in [0.29, 0.717) is 6.42 Å². The van der Waals surface area contributed by atoms with Gasteiger partial charge in [0.25, 0.3) is 0 Å². The third kappa shape index (κ3) is 2.89. The van der Waals surface area contributed by atoms with E-state index < -0.39 is 11.5 Å². The van der Waals surface area contributed by atoms with E-state index in [0.717, 1.165) is 17.6 Å². The lowest BCUT2D eigenvalue weighted by molar-refractivity contribution is -0.161. The van der Waals surface area contributed by atoms with Gasteiger partial charge < -0.3 is 9.84 Å². The van der Waals surface area contributed by atoms with Crippen molar-refractivity contribution in [3.63, 3.8) is 0 Å². The average molecular weight is 320 g/mol. The minimum absolute atomic E-state index is 0.203. The molecule has 0 heterocycles. The number of allylic oxidation sites excluding steroid dienone is 1. The van der Waals surface area contributed by atoms with Crippen LogP contribution in [0.25, 0.3) is 0 Å². The third-order valence-electron chi connectivity index (χ3n) is 5.75. The van der Waals surface area contributed by atoms with Gasteiger partial charge in [-0.15, -0.1) is 0 Å². The maximum atomic E-state index is 12.2. The third-order valence-corrected chi connectivity index (χ3v) is 5.75. The Bertz CT molecular complexity index is 560. The lowest BCUT2D eigenvalue weighted by Crippen LogP contribution is -2.50. The number of aliphatic hydroxyl groups excluding tert-OH is 1. The average Bonchev–Trinajstić information content (AvgIpc) is 2.84. The molecule has 0 amide bonds. The summed E-state index contributed by atoms with van der Waals surface area (Å²) >= 11 is 0. The summed E-state index contributed by atoms with van der Waals surface area (Å²) in [4.78, 5) is 24.1. The van der Waals surface area contributed by atoms with Crippen molar-refractivity contribution in [3.8, 4) is 0 Å². The Kier molecular flexibility index (Phi) is 4.86. The number of hydrogen-bond acceptors (Lipinski definition) is 4. The van der Waals surface area contributed by atoms with Gasteiger partial charge in [0.15, 0.2) is 5.78 Å². The Morgan fingerprint density at radius 1 is 1.48 bits per heavy atom. The number of hydrogen-bond donors (Lipinski definition) is 1. The molecule has 2 aliphatic carbocycles. The van der Waals surface area contributed by atoms with Crippen molar-refractivity contribution in [2.45, 2.75) is 59.7 Å². The first kappa shape index (κ1) is 17.9. The molecule has 0 saturated heterocycles. The van der Waals surface area contributed by atoms with Gasteiger partial charge in [-0.25, -0.2) is 0 Å². The molecule has 4 heteroatoms. The van der Waals surface area contributed by atoms with Crippen molar-refractivity contribution in [3.05, 3.63) is 23.8 Å². The first-order valence-corrected chi connectivity index (χ1v) is 8.37. The minimum atomic E-state index is -1.04. The maximum absolute atomic E-state index is 12.2. The molecule has 128 valence electrons. The summed E-state index contributed by atoms with van der Waals surface area (Å²) in [7, 11) is 0. The van der Waals surface area contributed by atoms with Crippen molar-refractivity contribution in [2.75, 3.05) is 0 Å². The van der Waals surface area contributed by atoms with Crippen LogP contribution in [0.3, 0.4) is 0 Å². The normalized spacial score (nSPS) is 37.2. The summed E-state index contributed by atoms with van der Waals surface area (Å²) in [5.74, 6) is -0.748. The van der Waals surface area contributed by atoms with Gasteiger partial charge >= 0.3 is 5.97 Å². The van der Waals surface area contributed by atoms with Crippen LogP contribution in [0, 0.1) is 23.2 Å². The summed E-state index contributed by atoms with van der Waals surface area (Å²) in [6, 6.07) is 0. The zero-order chi connectivity index (χ0) is 17.5. The molecule has 2 rings (SSSR count). The second-order valence-corrected chi connectivity index (χ2v) is 7.57. The largest absolute Gasteiger partial charge is 0.461 e. The number of carbonyl (C=O) groups excluding carboxylic acids is 2. The van der Waals surface area contributed by atoms with Gasteiger partial charge in [-0.1, -0.05) is 38.5 Å². The monoisotopic (exact) mass is 320 g/mol. The molecule has 0 aliphatic heterocycles. The van der Waals surface area contributed by atoms with Crippen LogP contribution in [0.4, 0.5) is 0 Å². The van der Waals surface area contributed by atoms with E-state index in [1.807, 2.05) is 34.6 Å². The molecule has 4 nitrogen and oxygen atoms in total. The van der Waals surface area contributed by atoms with Gasteiger partial charge in [-0.2, -0.15) is 0 Å². The lowest BCUT2D eigenvalue weighted by Gasteiger charge is -2.45. The molecule has 0 radical (unpaired) electrons. The number of ketones is 1. The molecule has 23 heavy (non-hydrogen) atoms. The molecule has 1 N–H and O–H groups in total. The van der Waals surface area contributed by atoms with Crippen LogP contribution in [0.5, 0.6) is 0 Å². The minimum Gasteiger partial charge on any atom is -0.461 e. The summed E-state index contributed by atoms with van der Waals surface area (Å²) in [6.07, 6.45) is 1.62. The molecule has 0 bridgehead atoms. The molecule has 0 aromatic carbocycles. The van der Waals surface area contributed by atoms with Crippen LogP contribution in [-0.4, -0.2) is 29.1 Å². The number of carbonyl (C=O) groups is 2. The molecule has 0 aromatic rings. The van der Waals surface area contributed by atoms with E-state index in [1.165, 1.54) is 6.08 Å². The zero-order valence-electron chi connectivity index (χ0n) is 14.8. The molecule has 1 spiro atoms. The Balaban J connectivity index is 2.45. The predicted molar refractivity (Wildman–Crippen MR) is 88.6 cm³/mol. The van der Waals surface area contributed by atoms with Gasteiger partial charge in [-0.05, 0) is 38.7 Å². The number of aliphatic hydroxyl groups is 1. The van der Waals surface area contributed by atoms with Crippen molar-refractivity contribution in [1.29, 1.82) is 0 Å². The standard InChI is InChI=1S/C19H28O4/c1-10(2)14-8-16(23-18(22)11(3)4)19(9-14)12(5)7-15(20)17(21)13(19)6/h7,11,13-14,16-17,21H,1,8-9H2,2-6H3/t13-,14-,16-,17-,19+/m1/s1. The van der Waals surface area contributed by atoms with Gasteiger partial charge in [0, 0.05) is 11.3 Å². The van der Waals surface area contributed by atoms with Crippen molar-refractivity contribution in [2.24, 2.45) is 23.2 Å². The zero-order valence-corrected chi connectivity index (χ0v) is 14.8. The van der Waals surface area contributed by atoms with Crippen LogP contribution >= 0.6 is 0 Å². The smallest absolute Gasteiger partial charge is 0.308 e. The van der Waals surface area contributed by atoms with Gasteiger partial charge in [0.1, 0.15) is 12.2 Å². The van der Waals surface area contributed by atoms with E-state index in [1.54, 1.807) is 0 Å². The Morgan fingerprint density at radius 3 is 2.61 bits per heavy atom.